The maximum absolute atomic E-state index is 13.1. The molecule has 1 fully saturated rings. The number of carbonyl (C=O) groups excluding carboxylic acids is 2. The van der Waals surface area contributed by atoms with Crippen LogP contribution in [0, 0.1) is 0 Å². The second-order valence-corrected chi connectivity index (χ2v) is 8.88. The van der Waals surface area contributed by atoms with E-state index in [1.807, 2.05) is 6.07 Å². The Hall–Kier alpha value is -3.19. The van der Waals surface area contributed by atoms with Crippen molar-refractivity contribution in [2.75, 3.05) is 33.3 Å². The molecule has 0 radical (unpaired) electrons. The summed E-state index contributed by atoms with van der Waals surface area (Å²) in [4.78, 5) is 34.7. The molecule has 2 aromatic rings. The Morgan fingerprint density at radius 1 is 1.00 bits per heavy atom. The van der Waals surface area contributed by atoms with Crippen molar-refractivity contribution < 1.29 is 19.4 Å². The van der Waals surface area contributed by atoms with Crippen LogP contribution in [-0.4, -0.2) is 64.9 Å². The summed E-state index contributed by atoms with van der Waals surface area (Å²) >= 11 is 0. The fourth-order valence-electron chi connectivity index (χ4n) is 4.42. The molecule has 1 unspecified atom stereocenters. The number of nitrogens with zero attached hydrogens (tertiary/aromatic N) is 3. The van der Waals surface area contributed by atoms with Crippen molar-refractivity contribution in [2.45, 2.75) is 52.0 Å². The van der Waals surface area contributed by atoms with Gasteiger partial charge in [-0.05, 0) is 75.3 Å². The second kappa shape index (κ2) is 13.0. The maximum Gasteiger partial charge on any atom is 0.295 e. The lowest BCUT2D eigenvalue weighted by molar-refractivity contribution is -0.140. The fourth-order valence-corrected chi connectivity index (χ4v) is 4.42. The van der Waals surface area contributed by atoms with Crippen molar-refractivity contribution in [1.29, 1.82) is 0 Å². The molecule has 1 aliphatic heterocycles. The normalized spacial score (nSPS) is 17.4. The van der Waals surface area contributed by atoms with Crippen molar-refractivity contribution >= 4 is 17.4 Å². The zero-order valence-electron chi connectivity index (χ0n) is 21.1. The average Bonchev–Trinajstić information content (AvgIpc) is 3.15. The van der Waals surface area contributed by atoms with E-state index in [1.165, 1.54) is 0 Å². The number of ketones is 1. The Balaban J connectivity index is 1.88. The molecule has 1 aromatic carbocycles. The van der Waals surface area contributed by atoms with Gasteiger partial charge in [-0.2, -0.15) is 0 Å². The number of aliphatic hydroxyl groups excluding tert-OH is 1. The number of carbonyl (C=O) groups is 2. The van der Waals surface area contributed by atoms with Crippen LogP contribution in [-0.2, 0) is 9.59 Å². The molecule has 0 bridgehead atoms. The summed E-state index contributed by atoms with van der Waals surface area (Å²) < 4.78 is 5.19. The van der Waals surface area contributed by atoms with Gasteiger partial charge in [-0.1, -0.05) is 32.8 Å². The minimum Gasteiger partial charge on any atom is -0.507 e. The van der Waals surface area contributed by atoms with Crippen LogP contribution in [0.5, 0.6) is 5.75 Å². The molecule has 1 atom stereocenters. The van der Waals surface area contributed by atoms with Gasteiger partial charge in [-0.15, -0.1) is 0 Å². The van der Waals surface area contributed by atoms with Crippen LogP contribution >= 0.6 is 0 Å². The van der Waals surface area contributed by atoms with Crippen molar-refractivity contribution in [3.8, 4) is 5.75 Å². The van der Waals surface area contributed by atoms with E-state index < -0.39 is 17.7 Å². The second-order valence-electron chi connectivity index (χ2n) is 8.88. The molecule has 1 amide bonds. The molecular formula is C28H37N3O4. The van der Waals surface area contributed by atoms with Gasteiger partial charge in [0.2, 0.25) is 0 Å². The van der Waals surface area contributed by atoms with E-state index in [0.29, 0.717) is 23.6 Å². The molecule has 0 spiro atoms. The number of hydrogen-bond donors (Lipinski definition) is 1. The van der Waals surface area contributed by atoms with Gasteiger partial charge in [-0.25, -0.2) is 0 Å². The first-order valence-electron chi connectivity index (χ1n) is 12.6. The highest BCUT2D eigenvalue weighted by molar-refractivity contribution is 6.46. The largest absolute Gasteiger partial charge is 0.507 e. The molecule has 0 saturated carbocycles. The van der Waals surface area contributed by atoms with Crippen LogP contribution in [0.1, 0.15) is 63.3 Å². The van der Waals surface area contributed by atoms with Gasteiger partial charge in [0.05, 0.1) is 18.4 Å². The molecule has 35 heavy (non-hydrogen) atoms. The molecule has 3 rings (SSSR count). The number of benzene rings is 1. The van der Waals surface area contributed by atoms with Crippen LogP contribution in [0.2, 0.25) is 0 Å². The van der Waals surface area contributed by atoms with Crippen LogP contribution in [0.25, 0.3) is 5.76 Å². The first-order valence-corrected chi connectivity index (χ1v) is 12.6. The van der Waals surface area contributed by atoms with Gasteiger partial charge in [-0.3, -0.25) is 14.6 Å². The van der Waals surface area contributed by atoms with Crippen LogP contribution in [0.4, 0.5) is 0 Å². The van der Waals surface area contributed by atoms with Gasteiger partial charge in [0, 0.05) is 18.3 Å². The highest BCUT2D eigenvalue weighted by Crippen LogP contribution is 2.38. The van der Waals surface area contributed by atoms with E-state index in [0.717, 1.165) is 51.7 Å². The monoisotopic (exact) mass is 479 g/mol. The minimum absolute atomic E-state index is 0.0766. The van der Waals surface area contributed by atoms with E-state index in [1.54, 1.807) is 54.6 Å². The number of pyridine rings is 1. The van der Waals surface area contributed by atoms with Gasteiger partial charge in [0.15, 0.2) is 0 Å². The average molecular weight is 480 g/mol. The summed E-state index contributed by atoms with van der Waals surface area (Å²) in [6.07, 6.45) is 6.95. The standard InChI is InChI=1S/C28H37N3O4/c1-4-6-17-30(18-7-5-2)19-10-20-31-25(23-11-8-9-16-29-23)24(27(33)28(31)34)26(32)21-12-14-22(35-3)15-13-21/h8-9,11-16,25,32H,4-7,10,17-20H2,1-3H3. The van der Waals surface area contributed by atoms with Gasteiger partial charge in [0.25, 0.3) is 11.7 Å². The third-order valence-electron chi connectivity index (χ3n) is 6.40. The summed E-state index contributed by atoms with van der Waals surface area (Å²) in [6, 6.07) is 11.5. The summed E-state index contributed by atoms with van der Waals surface area (Å²) in [7, 11) is 1.56. The van der Waals surface area contributed by atoms with Crippen molar-refractivity contribution in [3.05, 3.63) is 65.5 Å². The number of rotatable bonds is 13. The highest BCUT2D eigenvalue weighted by atomic mass is 16.5. The third kappa shape index (κ3) is 6.48. The molecule has 1 aromatic heterocycles. The first-order chi connectivity index (χ1) is 17.0. The quantitative estimate of drug-likeness (QED) is 0.252. The van der Waals surface area contributed by atoms with Crippen molar-refractivity contribution in [1.82, 2.24) is 14.8 Å². The fraction of sp³-hybridized carbons (Fsp3) is 0.464. The predicted molar refractivity (Wildman–Crippen MR) is 137 cm³/mol. The Kier molecular flexibility index (Phi) is 9.85. The number of aliphatic hydroxyl groups is 1. The predicted octanol–water partition coefficient (Wildman–Crippen LogP) is 4.80. The molecule has 188 valence electrons. The Bertz CT molecular complexity index is 997. The maximum atomic E-state index is 13.1. The third-order valence-corrected chi connectivity index (χ3v) is 6.40. The lowest BCUT2D eigenvalue weighted by Gasteiger charge is -2.27. The molecule has 0 aliphatic carbocycles. The highest BCUT2D eigenvalue weighted by Gasteiger charge is 2.46. The lowest BCUT2D eigenvalue weighted by atomic mass is 9.98. The van der Waals surface area contributed by atoms with Gasteiger partial charge < -0.3 is 19.6 Å². The molecule has 2 heterocycles. The van der Waals surface area contributed by atoms with E-state index in [-0.39, 0.29) is 11.3 Å². The van der Waals surface area contributed by atoms with Crippen molar-refractivity contribution in [2.24, 2.45) is 0 Å². The van der Waals surface area contributed by atoms with Gasteiger partial charge >= 0.3 is 0 Å². The number of amides is 1. The molecule has 7 nitrogen and oxygen atoms in total. The number of hydrogen-bond acceptors (Lipinski definition) is 6. The number of methoxy groups -OCH3 is 1. The zero-order valence-corrected chi connectivity index (χ0v) is 21.1. The first kappa shape index (κ1) is 26.4. The SMILES string of the molecule is CCCCN(CCCC)CCCN1C(=O)C(=O)C(=C(O)c2ccc(OC)cc2)C1c1ccccn1. The van der Waals surface area contributed by atoms with Crippen LogP contribution < -0.4 is 4.74 Å². The van der Waals surface area contributed by atoms with E-state index in [9.17, 15) is 14.7 Å². The van der Waals surface area contributed by atoms with Gasteiger partial charge in [0.1, 0.15) is 17.6 Å². The number of Topliss-reactive ketones (excluding diaryl/α,β-unsaturated/α-hetero) is 1. The lowest BCUT2D eigenvalue weighted by Crippen LogP contribution is -2.34. The van der Waals surface area contributed by atoms with E-state index >= 15 is 0 Å². The Morgan fingerprint density at radius 3 is 2.23 bits per heavy atom. The Labute approximate surface area is 208 Å². The number of unbranched alkanes of at least 4 members (excludes halogenated alkanes) is 2. The minimum atomic E-state index is -0.724. The molecule has 7 heteroatoms. The van der Waals surface area contributed by atoms with Crippen LogP contribution in [0.3, 0.4) is 0 Å². The zero-order chi connectivity index (χ0) is 25.2. The summed E-state index contributed by atoms with van der Waals surface area (Å²) in [6.45, 7) is 7.73. The number of aromatic nitrogens is 1. The number of likely N-dealkylation sites (tertiary alicyclic amines) is 1. The summed E-state index contributed by atoms with van der Waals surface area (Å²) in [5.41, 5.74) is 1.10. The summed E-state index contributed by atoms with van der Waals surface area (Å²) in [5.74, 6) is -0.831. The Morgan fingerprint density at radius 2 is 1.66 bits per heavy atom. The van der Waals surface area contributed by atoms with E-state index in [4.69, 9.17) is 4.74 Å². The topological polar surface area (TPSA) is 83.0 Å². The summed E-state index contributed by atoms with van der Waals surface area (Å²) in [5, 5.41) is 11.1. The van der Waals surface area contributed by atoms with Crippen molar-refractivity contribution in [3.63, 3.8) is 0 Å². The van der Waals surface area contributed by atoms with Crippen LogP contribution in [0.15, 0.2) is 54.2 Å². The molecule has 1 N–H and O–H groups in total. The number of ether oxygens (including phenoxy) is 1. The molecule has 1 saturated heterocycles. The molecular weight excluding hydrogens is 442 g/mol. The smallest absolute Gasteiger partial charge is 0.295 e. The molecule has 1 aliphatic rings. The van der Waals surface area contributed by atoms with E-state index in [2.05, 4.69) is 23.7 Å².